The number of anilines is 3. The van der Waals surface area contributed by atoms with Crippen LogP contribution in [0.2, 0.25) is 0 Å². The Bertz CT molecular complexity index is 422. The maximum atomic E-state index is 5.18. The van der Waals surface area contributed by atoms with Gasteiger partial charge in [0.05, 0.1) is 13.7 Å². The minimum absolute atomic E-state index is 0. The number of hydrogen-bond donors (Lipinski definition) is 2. The van der Waals surface area contributed by atoms with E-state index >= 15 is 0 Å². The average Bonchev–Trinajstić information content (AvgIpc) is 2.41. The third-order valence-corrected chi connectivity index (χ3v) is 2.06. The van der Waals surface area contributed by atoms with Gasteiger partial charge in [-0.3, -0.25) is 4.84 Å². The van der Waals surface area contributed by atoms with Crippen molar-refractivity contribution in [2.45, 2.75) is 13.3 Å². The summed E-state index contributed by atoms with van der Waals surface area (Å²) in [6.45, 7) is 3.20. The van der Waals surface area contributed by atoms with Crippen LogP contribution in [0.3, 0.4) is 0 Å². The molecule has 0 unspecified atom stereocenters. The second kappa shape index (κ2) is 7.29. The van der Waals surface area contributed by atoms with Gasteiger partial charge in [-0.15, -0.1) is 6.42 Å². The third kappa shape index (κ3) is 4.07. The summed E-state index contributed by atoms with van der Waals surface area (Å²) in [6, 6.07) is 0. The van der Waals surface area contributed by atoms with Gasteiger partial charge in [0.1, 0.15) is 0 Å². The summed E-state index contributed by atoms with van der Waals surface area (Å²) in [7, 11) is 3.25. The van der Waals surface area contributed by atoms with Gasteiger partial charge in [-0.05, 0) is 6.42 Å². The van der Waals surface area contributed by atoms with E-state index in [2.05, 4.69) is 38.4 Å². The summed E-state index contributed by atoms with van der Waals surface area (Å²) in [6.07, 6.45) is 6.16. The maximum Gasteiger partial charge on any atom is 1.00 e. The van der Waals surface area contributed by atoms with Crippen LogP contribution < -0.4 is 15.7 Å². The Morgan fingerprint density at radius 3 is 2.56 bits per heavy atom. The molecule has 0 fully saturated rings. The first-order valence-electron chi connectivity index (χ1n) is 5.66. The SMILES string of the molecule is C#CCNc1nc(NCCC)nc(N(C)OC)n1.[H+]. The molecular formula is C11H19N6O+. The Kier molecular flexibility index (Phi) is 5.67. The van der Waals surface area contributed by atoms with Gasteiger partial charge in [0.2, 0.25) is 11.9 Å². The number of terminal acetylenes is 1. The Morgan fingerprint density at radius 1 is 1.33 bits per heavy atom. The van der Waals surface area contributed by atoms with E-state index in [-0.39, 0.29) is 1.43 Å². The molecule has 7 heteroatoms. The molecule has 0 amide bonds. The zero-order valence-electron chi connectivity index (χ0n) is 11.9. The molecule has 0 radical (unpaired) electrons. The van der Waals surface area contributed by atoms with Crippen molar-refractivity contribution in [2.75, 3.05) is 42.9 Å². The lowest BCUT2D eigenvalue weighted by Crippen LogP contribution is -2.20. The van der Waals surface area contributed by atoms with Crippen LogP contribution in [0.5, 0.6) is 0 Å². The van der Waals surface area contributed by atoms with Gasteiger partial charge in [0.25, 0.3) is 5.95 Å². The molecule has 0 aliphatic carbocycles. The van der Waals surface area contributed by atoms with Crippen molar-refractivity contribution in [2.24, 2.45) is 0 Å². The molecular weight excluding hydrogens is 232 g/mol. The summed E-state index contributed by atoms with van der Waals surface area (Å²) in [5, 5.41) is 7.45. The molecule has 98 valence electrons. The number of nitrogens with one attached hydrogen (secondary N) is 2. The first kappa shape index (κ1) is 14.0. The molecule has 1 aromatic rings. The number of hydrogen-bond acceptors (Lipinski definition) is 7. The molecule has 0 bridgehead atoms. The lowest BCUT2D eigenvalue weighted by atomic mass is 10.5. The molecule has 1 heterocycles. The predicted octanol–water partition coefficient (Wildman–Crippen LogP) is 0.849. The first-order valence-corrected chi connectivity index (χ1v) is 5.66. The zero-order valence-corrected chi connectivity index (χ0v) is 10.9. The standard InChI is InChI=1S/C11H18N6O/c1-5-7-12-9-14-10(13-8-6-2)16-11(15-9)17(3)18-4/h1H,6-8H2,2-4H3,(H2,12,13,14,15,16)/p+1. The third-order valence-electron chi connectivity index (χ3n) is 2.06. The van der Waals surface area contributed by atoms with E-state index in [1.807, 2.05) is 0 Å². The van der Waals surface area contributed by atoms with Gasteiger partial charge in [-0.25, -0.2) is 5.06 Å². The number of rotatable bonds is 7. The van der Waals surface area contributed by atoms with E-state index in [0.717, 1.165) is 13.0 Å². The molecule has 18 heavy (non-hydrogen) atoms. The highest BCUT2D eigenvalue weighted by Crippen LogP contribution is 2.12. The van der Waals surface area contributed by atoms with Crippen molar-refractivity contribution in [3.63, 3.8) is 0 Å². The van der Waals surface area contributed by atoms with E-state index in [1.54, 1.807) is 7.05 Å². The van der Waals surface area contributed by atoms with Crippen LogP contribution >= 0.6 is 0 Å². The molecule has 0 saturated carbocycles. The predicted molar refractivity (Wildman–Crippen MR) is 72.5 cm³/mol. The molecule has 7 nitrogen and oxygen atoms in total. The Balaban J connectivity index is 0.00000324. The summed E-state index contributed by atoms with van der Waals surface area (Å²) in [4.78, 5) is 17.7. The normalized spacial score (nSPS) is 9.67. The largest absolute Gasteiger partial charge is 1.00 e. The highest BCUT2D eigenvalue weighted by atomic mass is 16.7. The summed E-state index contributed by atoms with van der Waals surface area (Å²) in [5.74, 6) is 3.78. The van der Waals surface area contributed by atoms with Crippen LogP contribution in [0, 0.1) is 12.3 Å². The van der Waals surface area contributed by atoms with Crippen LogP contribution in [0.25, 0.3) is 0 Å². The summed E-state index contributed by atoms with van der Waals surface area (Å²) >= 11 is 0. The monoisotopic (exact) mass is 251 g/mol. The van der Waals surface area contributed by atoms with E-state index in [4.69, 9.17) is 11.3 Å². The molecule has 0 aromatic carbocycles. The van der Waals surface area contributed by atoms with Crippen LogP contribution in [-0.4, -0.2) is 42.2 Å². The molecule has 0 spiro atoms. The van der Waals surface area contributed by atoms with E-state index in [9.17, 15) is 0 Å². The van der Waals surface area contributed by atoms with Crippen molar-refractivity contribution in [1.82, 2.24) is 15.0 Å². The number of nitrogens with zero attached hydrogens (tertiary/aromatic N) is 4. The molecule has 0 aliphatic rings. The lowest BCUT2D eigenvalue weighted by Gasteiger charge is -2.15. The van der Waals surface area contributed by atoms with Gasteiger partial charge in [-0.2, -0.15) is 15.0 Å². The topological polar surface area (TPSA) is 75.2 Å². The van der Waals surface area contributed by atoms with Crippen molar-refractivity contribution >= 4 is 17.8 Å². The van der Waals surface area contributed by atoms with Gasteiger partial charge in [-0.1, -0.05) is 12.8 Å². The minimum atomic E-state index is 0. The van der Waals surface area contributed by atoms with E-state index in [0.29, 0.717) is 24.4 Å². The zero-order chi connectivity index (χ0) is 13.4. The summed E-state index contributed by atoms with van der Waals surface area (Å²) in [5.41, 5.74) is 0. The van der Waals surface area contributed by atoms with Crippen LogP contribution in [0.15, 0.2) is 0 Å². The van der Waals surface area contributed by atoms with Gasteiger partial charge in [0.15, 0.2) is 0 Å². The molecule has 1 aromatic heterocycles. The van der Waals surface area contributed by atoms with Gasteiger partial charge >= 0.3 is 1.43 Å². The Labute approximate surface area is 108 Å². The molecule has 0 aliphatic heterocycles. The fraction of sp³-hybridized carbons (Fsp3) is 0.545. The quantitative estimate of drug-likeness (QED) is 0.549. The van der Waals surface area contributed by atoms with Gasteiger partial charge < -0.3 is 10.6 Å². The average molecular weight is 251 g/mol. The first-order chi connectivity index (χ1) is 8.71. The van der Waals surface area contributed by atoms with E-state index < -0.39 is 0 Å². The number of aromatic nitrogens is 3. The van der Waals surface area contributed by atoms with Crippen molar-refractivity contribution in [3.8, 4) is 12.3 Å². The molecule has 0 saturated heterocycles. The second-order valence-corrected chi connectivity index (χ2v) is 3.45. The smallest absolute Gasteiger partial charge is 0.354 e. The van der Waals surface area contributed by atoms with Crippen molar-refractivity contribution in [1.29, 1.82) is 0 Å². The van der Waals surface area contributed by atoms with Gasteiger partial charge in [0, 0.05) is 13.6 Å². The summed E-state index contributed by atoms with van der Waals surface area (Å²) < 4.78 is 0. The highest BCUT2D eigenvalue weighted by Gasteiger charge is 2.09. The van der Waals surface area contributed by atoms with Crippen molar-refractivity contribution in [3.05, 3.63) is 0 Å². The lowest BCUT2D eigenvalue weighted by molar-refractivity contribution is 0.180. The van der Waals surface area contributed by atoms with Crippen LogP contribution in [0.4, 0.5) is 17.8 Å². The molecule has 2 N–H and O–H groups in total. The van der Waals surface area contributed by atoms with Crippen LogP contribution in [0.1, 0.15) is 14.8 Å². The minimum Gasteiger partial charge on any atom is -0.354 e. The molecule has 1 rings (SSSR count). The second-order valence-electron chi connectivity index (χ2n) is 3.45. The van der Waals surface area contributed by atoms with E-state index in [1.165, 1.54) is 12.2 Å². The Morgan fingerprint density at radius 2 is 2.00 bits per heavy atom. The number of hydroxylamine groups is 1. The van der Waals surface area contributed by atoms with Crippen molar-refractivity contribution < 1.29 is 6.26 Å². The Hall–Kier alpha value is -2.07. The maximum absolute atomic E-state index is 5.18. The fourth-order valence-corrected chi connectivity index (χ4v) is 1.11. The molecule has 0 atom stereocenters. The van der Waals surface area contributed by atoms with Crippen LogP contribution in [-0.2, 0) is 4.84 Å². The highest BCUT2D eigenvalue weighted by molar-refractivity contribution is 5.42. The fourth-order valence-electron chi connectivity index (χ4n) is 1.11.